The number of carbonyl (C=O) groups excluding carboxylic acids is 3. The van der Waals surface area contributed by atoms with Gasteiger partial charge in [-0.05, 0) is 141 Å². The van der Waals surface area contributed by atoms with Crippen molar-refractivity contribution in [2.24, 2.45) is 0 Å². The van der Waals surface area contributed by atoms with Crippen molar-refractivity contribution in [3.05, 3.63) is 158 Å². The minimum absolute atomic E-state index is 0.112. The van der Waals surface area contributed by atoms with Gasteiger partial charge < -0.3 is 14.2 Å². The highest BCUT2D eigenvalue weighted by molar-refractivity contribution is 5.71. The molecule has 0 saturated carbocycles. The first-order valence-corrected chi connectivity index (χ1v) is 33.0. The molecule has 0 aromatic heterocycles. The van der Waals surface area contributed by atoms with Gasteiger partial charge >= 0.3 is 17.9 Å². The van der Waals surface area contributed by atoms with E-state index in [4.69, 9.17) is 14.2 Å². The van der Waals surface area contributed by atoms with Crippen LogP contribution in [0, 0.1) is 0 Å². The predicted molar refractivity (Wildman–Crippen MR) is 352 cm³/mol. The maximum atomic E-state index is 12.9. The molecule has 81 heavy (non-hydrogen) atoms. The van der Waals surface area contributed by atoms with Crippen LogP contribution in [0.3, 0.4) is 0 Å². The molecule has 1 unspecified atom stereocenters. The van der Waals surface area contributed by atoms with E-state index in [-0.39, 0.29) is 37.5 Å². The van der Waals surface area contributed by atoms with Crippen LogP contribution in [0.1, 0.15) is 278 Å². The topological polar surface area (TPSA) is 78.9 Å². The lowest BCUT2D eigenvalue weighted by Crippen LogP contribution is -2.30. The molecule has 0 N–H and O–H groups in total. The van der Waals surface area contributed by atoms with Crippen molar-refractivity contribution >= 4 is 17.9 Å². The van der Waals surface area contributed by atoms with Gasteiger partial charge in [-0.3, -0.25) is 14.4 Å². The Morgan fingerprint density at radius 2 is 0.494 bits per heavy atom. The smallest absolute Gasteiger partial charge is 0.306 e. The van der Waals surface area contributed by atoms with Gasteiger partial charge in [-0.25, -0.2) is 0 Å². The molecule has 0 rings (SSSR count). The molecular formula is C75H120O6. The van der Waals surface area contributed by atoms with Gasteiger partial charge in [0, 0.05) is 19.3 Å². The number of ether oxygens (including phenoxy) is 3. The molecule has 0 aromatic rings. The predicted octanol–water partition coefficient (Wildman–Crippen LogP) is 22.9. The fourth-order valence-corrected chi connectivity index (χ4v) is 8.63. The Labute approximate surface area is 499 Å². The molecule has 0 fully saturated rings. The summed E-state index contributed by atoms with van der Waals surface area (Å²) >= 11 is 0. The molecule has 0 heterocycles. The molecule has 456 valence electrons. The van der Waals surface area contributed by atoms with Crippen molar-refractivity contribution < 1.29 is 28.6 Å². The van der Waals surface area contributed by atoms with Gasteiger partial charge in [0.25, 0.3) is 0 Å². The van der Waals surface area contributed by atoms with Crippen molar-refractivity contribution in [3.63, 3.8) is 0 Å². The van der Waals surface area contributed by atoms with Crippen molar-refractivity contribution in [1.82, 2.24) is 0 Å². The average molecular weight is 1120 g/mol. The lowest BCUT2D eigenvalue weighted by atomic mass is 10.1. The van der Waals surface area contributed by atoms with Gasteiger partial charge in [0.2, 0.25) is 0 Å². The van der Waals surface area contributed by atoms with Crippen LogP contribution in [0.5, 0.6) is 0 Å². The lowest BCUT2D eigenvalue weighted by molar-refractivity contribution is -0.167. The summed E-state index contributed by atoms with van der Waals surface area (Å²) in [6.45, 7) is 6.35. The molecule has 0 aliphatic rings. The van der Waals surface area contributed by atoms with E-state index in [1.165, 1.54) is 96.3 Å². The molecule has 0 aliphatic heterocycles. The number of hydrogen-bond donors (Lipinski definition) is 0. The van der Waals surface area contributed by atoms with Gasteiger partial charge in [-0.1, -0.05) is 275 Å². The minimum Gasteiger partial charge on any atom is -0.462 e. The van der Waals surface area contributed by atoms with Gasteiger partial charge in [-0.2, -0.15) is 0 Å². The van der Waals surface area contributed by atoms with E-state index in [1.807, 2.05) is 0 Å². The van der Waals surface area contributed by atoms with Crippen molar-refractivity contribution in [2.75, 3.05) is 13.2 Å². The molecule has 0 radical (unpaired) electrons. The third-order valence-corrected chi connectivity index (χ3v) is 13.5. The molecular weight excluding hydrogens is 997 g/mol. The van der Waals surface area contributed by atoms with Crippen LogP contribution < -0.4 is 0 Å². The zero-order valence-electron chi connectivity index (χ0n) is 52.2. The normalized spacial score (nSPS) is 13.2. The van der Waals surface area contributed by atoms with Crippen LogP contribution in [-0.2, 0) is 28.6 Å². The van der Waals surface area contributed by atoms with E-state index in [0.29, 0.717) is 19.3 Å². The second-order valence-corrected chi connectivity index (χ2v) is 21.3. The molecule has 6 heteroatoms. The van der Waals surface area contributed by atoms with Crippen LogP contribution in [0.15, 0.2) is 158 Å². The van der Waals surface area contributed by atoms with Crippen LogP contribution >= 0.6 is 0 Å². The highest BCUT2D eigenvalue weighted by Gasteiger charge is 2.19. The average Bonchev–Trinajstić information content (AvgIpc) is 3.47. The molecule has 0 aromatic carbocycles. The number of allylic oxidation sites excluding steroid dienone is 26. The van der Waals surface area contributed by atoms with Crippen molar-refractivity contribution in [3.8, 4) is 0 Å². The third kappa shape index (κ3) is 65.7. The molecule has 0 spiro atoms. The largest absolute Gasteiger partial charge is 0.462 e. The number of hydrogen-bond acceptors (Lipinski definition) is 6. The Bertz CT molecular complexity index is 1810. The van der Waals surface area contributed by atoms with E-state index in [9.17, 15) is 14.4 Å². The summed E-state index contributed by atoms with van der Waals surface area (Å²) in [5.74, 6) is -0.990. The van der Waals surface area contributed by atoms with E-state index in [2.05, 4.69) is 179 Å². The second-order valence-electron chi connectivity index (χ2n) is 21.3. The maximum absolute atomic E-state index is 12.9. The fraction of sp³-hybridized carbons (Fsp3) is 0.613. The van der Waals surface area contributed by atoms with Gasteiger partial charge in [0.05, 0.1) is 0 Å². The highest BCUT2D eigenvalue weighted by atomic mass is 16.6. The van der Waals surface area contributed by atoms with E-state index >= 15 is 0 Å². The molecule has 6 nitrogen and oxygen atoms in total. The first-order valence-electron chi connectivity index (χ1n) is 33.0. The van der Waals surface area contributed by atoms with Crippen molar-refractivity contribution in [1.29, 1.82) is 0 Å². The van der Waals surface area contributed by atoms with Crippen LogP contribution in [0.2, 0.25) is 0 Å². The van der Waals surface area contributed by atoms with Crippen molar-refractivity contribution in [2.45, 2.75) is 284 Å². The monoisotopic (exact) mass is 1120 g/mol. The molecule has 0 bridgehead atoms. The van der Waals surface area contributed by atoms with Crippen LogP contribution in [0.4, 0.5) is 0 Å². The quantitative estimate of drug-likeness (QED) is 0.0261. The Hall–Kier alpha value is -4.97. The zero-order chi connectivity index (χ0) is 58.5. The highest BCUT2D eigenvalue weighted by Crippen LogP contribution is 2.15. The van der Waals surface area contributed by atoms with E-state index in [0.717, 1.165) is 135 Å². The summed E-state index contributed by atoms with van der Waals surface area (Å²) in [5.41, 5.74) is 0. The standard InChI is InChI=1S/C75H120O6/c1-4-7-10-13-16-19-22-25-28-31-34-36-37-39-41-44-47-50-53-56-59-62-65-68-74(77)80-71-72(70-79-73(76)67-64-61-58-55-52-49-46-43-40-33-30-27-24-21-18-15-12-9-6-3)81-75(78)69-66-63-60-57-54-51-48-45-42-38-35-32-29-26-23-20-17-14-11-8-5-2/h7,9-10,12,16,18-19,21,23,25-28,30,32,34-36,39-41,43,47,50,56,59,72H,4-6,8,11,13-15,17,20,22,24,29,31,33,37-38,42,44-46,48-49,51-55,57-58,60-71H2,1-3H3/b10-7-,12-9-,19-16-,21-18-,26-23-,28-25-,30-27-,35-32-,36-34-,41-39-,43-40-,50-47-,59-56-. The molecule has 1 atom stereocenters. The SMILES string of the molecule is CC/C=C\C/C=C\C/C=C\C/C=C\C/C=C\C/C=C\C/C=C\CCCC(=O)OCC(COC(=O)CCCCCCCC/C=C\C/C=C\C/C=C\C/C=C\CC)OC(=O)CCCCCCCCCCC/C=C\C/C=C\CCCCCCC. The maximum Gasteiger partial charge on any atom is 0.306 e. The fourth-order valence-electron chi connectivity index (χ4n) is 8.63. The molecule has 0 saturated heterocycles. The summed E-state index contributed by atoms with van der Waals surface area (Å²) in [7, 11) is 0. The first kappa shape index (κ1) is 76.0. The minimum atomic E-state index is -0.820. The number of carbonyl (C=O) groups is 3. The Balaban J connectivity index is 4.54. The van der Waals surface area contributed by atoms with Crippen LogP contribution in [-0.4, -0.2) is 37.2 Å². The van der Waals surface area contributed by atoms with Gasteiger partial charge in [0.15, 0.2) is 6.10 Å². The Morgan fingerprint density at radius 3 is 0.802 bits per heavy atom. The zero-order valence-corrected chi connectivity index (χ0v) is 52.2. The van der Waals surface area contributed by atoms with Crippen LogP contribution in [0.25, 0.3) is 0 Å². The summed E-state index contributed by atoms with van der Waals surface area (Å²) in [6, 6.07) is 0. The Morgan fingerprint density at radius 1 is 0.259 bits per heavy atom. The number of unbranched alkanes of at least 4 members (excludes halogenated alkanes) is 21. The number of esters is 3. The summed E-state index contributed by atoms with van der Waals surface area (Å²) in [5, 5.41) is 0. The number of rotatable bonds is 58. The van der Waals surface area contributed by atoms with E-state index < -0.39 is 6.10 Å². The summed E-state index contributed by atoms with van der Waals surface area (Å²) in [4.78, 5) is 38.4. The van der Waals surface area contributed by atoms with Gasteiger partial charge in [0.1, 0.15) is 13.2 Å². The van der Waals surface area contributed by atoms with E-state index in [1.54, 1.807) is 0 Å². The van der Waals surface area contributed by atoms with Gasteiger partial charge in [-0.15, -0.1) is 0 Å². The second kappa shape index (κ2) is 67.5. The first-order chi connectivity index (χ1) is 40.0. The third-order valence-electron chi connectivity index (χ3n) is 13.5. The molecule has 0 aliphatic carbocycles. The Kier molecular flexibility index (Phi) is 63.4. The summed E-state index contributed by atoms with van der Waals surface area (Å²) in [6.07, 6.45) is 98.2. The summed E-state index contributed by atoms with van der Waals surface area (Å²) < 4.78 is 16.9. The lowest BCUT2D eigenvalue weighted by Gasteiger charge is -2.18. The molecule has 0 amide bonds.